The molecule has 8 heteroatoms. The number of nitrogens with zero attached hydrogens (tertiary/aromatic N) is 2. The van der Waals surface area contributed by atoms with Crippen LogP contribution in [0.5, 0.6) is 0 Å². The van der Waals surface area contributed by atoms with Gasteiger partial charge < -0.3 is 5.32 Å². The number of fused-ring (bicyclic) bond motifs is 1. The van der Waals surface area contributed by atoms with Crippen molar-refractivity contribution in [1.29, 1.82) is 0 Å². The minimum Gasteiger partial charge on any atom is -0.355 e. The van der Waals surface area contributed by atoms with Crippen molar-refractivity contribution in [2.24, 2.45) is 0 Å². The molecule has 1 N–H and O–H groups in total. The van der Waals surface area contributed by atoms with E-state index in [-0.39, 0.29) is 27.3 Å². The van der Waals surface area contributed by atoms with Crippen LogP contribution in [0.15, 0.2) is 60.8 Å². The first-order chi connectivity index (χ1) is 14.4. The highest BCUT2D eigenvalue weighted by atomic mass is 35.5. The molecular formula is C22H14Cl2FN3O2. The molecular weight excluding hydrogens is 428 g/mol. The summed E-state index contributed by atoms with van der Waals surface area (Å²) in [4.78, 5) is 29.5. The first-order valence-corrected chi connectivity index (χ1v) is 9.65. The van der Waals surface area contributed by atoms with Crippen molar-refractivity contribution < 1.29 is 14.0 Å². The molecule has 0 bridgehead atoms. The van der Waals surface area contributed by atoms with E-state index >= 15 is 0 Å². The number of benzene rings is 2. The fourth-order valence-corrected chi connectivity index (χ4v) is 3.72. The summed E-state index contributed by atoms with van der Waals surface area (Å²) in [6.45, 7) is 0. The number of rotatable bonds is 4. The number of carbonyl (C=O) groups excluding carboxylic acids is 2. The summed E-state index contributed by atoms with van der Waals surface area (Å²) in [7, 11) is 1.56. The molecule has 0 aliphatic carbocycles. The second-order valence-corrected chi connectivity index (χ2v) is 7.23. The van der Waals surface area contributed by atoms with Gasteiger partial charge in [-0.1, -0.05) is 41.4 Å². The summed E-state index contributed by atoms with van der Waals surface area (Å²) >= 11 is 12.2. The largest absolute Gasteiger partial charge is 0.355 e. The van der Waals surface area contributed by atoms with Crippen molar-refractivity contribution in [1.82, 2.24) is 14.7 Å². The van der Waals surface area contributed by atoms with Crippen LogP contribution in [0.4, 0.5) is 4.39 Å². The van der Waals surface area contributed by atoms with Gasteiger partial charge in [-0.05, 0) is 36.4 Å². The Labute approximate surface area is 181 Å². The number of nitrogens with one attached hydrogen (secondary N) is 1. The van der Waals surface area contributed by atoms with Crippen LogP contribution in [-0.2, 0) is 0 Å². The van der Waals surface area contributed by atoms with Crippen LogP contribution < -0.4 is 5.32 Å². The van der Waals surface area contributed by atoms with Crippen LogP contribution in [0.25, 0.3) is 16.8 Å². The van der Waals surface area contributed by atoms with Crippen LogP contribution in [0.2, 0.25) is 10.0 Å². The van der Waals surface area contributed by atoms with Gasteiger partial charge in [-0.15, -0.1) is 0 Å². The van der Waals surface area contributed by atoms with Gasteiger partial charge in [0.1, 0.15) is 5.82 Å². The molecule has 4 rings (SSSR count). The fraction of sp³-hybridized carbons (Fsp3) is 0.0455. The lowest BCUT2D eigenvalue weighted by atomic mass is 10.1. The number of carbonyl (C=O) groups is 2. The summed E-state index contributed by atoms with van der Waals surface area (Å²) in [5.74, 6) is -1.50. The number of amides is 1. The molecule has 150 valence electrons. The molecule has 2 aromatic heterocycles. The van der Waals surface area contributed by atoms with Crippen molar-refractivity contribution in [2.45, 2.75) is 0 Å². The molecule has 0 aliphatic heterocycles. The number of halogens is 3. The molecule has 0 saturated carbocycles. The lowest BCUT2D eigenvalue weighted by Crippen LogP contribution is -2.17. The average Bonchev–Trinajstić information content (AvgIpc) is 3.16. The average molecular weight is 442 g/mol. The molecule has 2 aromatic carbocycles. The third-order valence-corrected chi connectivity index (χ3v) is 5.35. The van der Waals surface area contributed by atoms with Gasteiger partial charge in [-0.3, -0.25) is 14.0 Å². The summed E-state index contributed by atoms with van der Waals surface area (Å²) in [5.41, 5.74) is 2.26. The molecule has 1 amide bonds. The van der Waals surface area contributed by atoms with E-state index in [1.165, 1.54) is 6.07 Å². The Hall–Kier alpha value is -3.22. The van der Waals surface area contributed by atoms with Crippen molar-refractivity contribution in [3.05, 3.63) is 93.6 Å². The molecule has 5 nitrogen and oxygen atoms in total. The molecule has 4 aromatic rings. The van der Waals surface area contributed by atoms with Gasteiger partial charge >= 0.3 is 0 Å². The molecule has 0 unspecified atom stereocenters. The Balaban J connectivity index is 1.87. The smallest absolute Gasteiger partial charge is 0.251 e. The molecule has 30 heavy (non-hydrogen) atoms. The molecule has 0 atom stereocenters. The second-order valence-electron chi connectivity index (χ2n) is 6.44. The van der Waals surface area contributed by atoms with Crippen LogP contribution in [0, 0.1) is 5.82 Å². The molecule has 0 fully saturated rings. The van der Waals surface area contributed by atoms with E-state index in [0.29, 0.717) is 22.3 Å². The topological polar surface area (TPSA) is 63.5 Å². The van der Waals surface area contributed by atoms with Gasteiger partial charge in [-0.2, -0.15) is 0 Å². The molecule has 2 heterocycles. The standard InChI is InChI=1S/C22H14Cl2FN3O2/c1-26-22(30)13-7-5-12(6-8-13)19-16-4-2-3-11-28(16)21(27-19)20(29)17-14(23)9-10-15(25)18(17)24/h2-11H,1H3,(H,26,30). The number of hydrogen-bond acceptors (Lipinski definition) is 3. The molecule has 0 saturated heterocycles. The maximum absolute atomic E-state index is 13.9. The minimum absolute atomic E-state index is 0.0376. The van der Waals surface area contributed by atoms with Gasteiger partial charge in [0, 0.05) is 24.4 Å². The van der Waals surface area contributed by atoms with E-state index in [9.17, 15) is 14.0 Å². The van der Waals surface area contributed by atoms with E-state index in [1.807, 2.05) is 6.07 Å². The highest BCUT2D eigenvalue weighted by Gasteiger charge is 2.25. The summed E-state index contributed by atoms with van der Waals surface area (Å²) in [5, 5.41) is 2.25. The van der Waals surface area contributed by atoms with Gasteiger partial charge in [0.25, 0.3) is 5.91 Å². The molecule has 0 spiro atoms. The highest BCUT2D eigenvalue weighted by molar-refractivity contribution is 6.40. The number of imidazole rings is 1. The van der Waals surface area contributed by atoms with Crippen LogP contribution in [0.3, 0.4) is 0 Å². The van der Waals surface area contributed by atoms with E-state index in [1.54, 1.807) is 54.0 Å². The third-order valence-electron chi connectivity index (χ3n) is 4.67. The van der Waals surface area contributed by atoms with Gasteiger partial charge in [-0.25, -0.2) is 9.37 Å². The van der Waals surface area contributed by atoms with Crippen LogP contribution >= 0.6 is 23.2 Å². The maximum atomic E-state index is 13.9. The number of ketones is 1. The van der Waals surface area contributed by atoms with E-state index in [4.69, 9.17) is 23.2 Å². The van der Waals surface area contributed by atoms with Gasteiger partial charge in [0.2, 0.25) is 5.78 Å². The lowest BCUT2D eigenvalue weighted by Gasteiger charge is -2.06. The highest BCUT2D eigenvalue weighted by Crippen LogP contribution is 2.31. The maximum Gasteiger partial charge on any atom is 0.251 e. The third kappa shape index (κ3) is 3.34. The Morgan fingerprint density at radius 1 is 1.03 bits per heavy atom. The monoisotopic (exact) mass is 441 g/mol. The first-order valence-electron chi connectivity index (χ1n) is 8.90. The number of aromatic nitrogens is 2. The summed E-state index contributed by atoms with van der Waals surface area (Å²) in [6, 6.07) is 14.6. The molecule has 0 radical (unpaired) electrons. The van der Waals surface area contributed by atoms with Crippen LogP contribution in [0.1, 0.15) is 26.5 Å². The van der Waals surface area contributed by atoms with E-state index in [2.05, 4.69) is 10.3 Å². The van der Waals surface area contributed by atoms with Crippen LogP contribution in [-0.4, -0.2) is 28.1 Å². The van der Waals surface area contributed by atoms with Crippen molar-refractivity contribution >= 4 is 40.4 Å². The van der Waals surface area contributed by atoms with Crippen molar-refractivity contribution in [3.8, 4) is 11.3 Å². The van der Waals surface area contributed by atoms with Gasteiger partial charge in [0.05, 0.1) is 26.8 Å². The Kier molecular flexibility index (Phi) is 5.28. The number of pyridine rings is 1. The summed E-state index contributed by atoms with van der Waals surface area (Å²) in [6.07, 6.45) is 1.68. The minimum atomic E-state index is -0.740. The Morgan fingerprint density at radius 2 is 1.77 bits per heavy atom. The molecule has 0 aliphatic rings. The normalized spacial score (nSPS) is 10.9. The predicted molar refractivity (Wildman–Crippen MR) is 114 cm³/mol. The Morgan fingerprint density at radius 3 is 2.47 bits per heavy atom. The number of hydrogen-bond donors (Lipinski definition) is 1. The van der Waals surface area contributed by atoms with Gasteiger partial charge in [0.15, 0.2) is 5.82 Å². The lowest BCUT2D eigenvalue weighted by molar-refractivity contribution is 0.0962. The van der Waals surface area contributed by atoms with E-state index < -0.39 is 11.6 Å². The van der Waals surface area contributed by atoms with Crippen molar-refractivity contribution in [3.63, 3.8) is 0 Å². The van der Waals surface area contributed by atoms with Crippen molar-refractivity contribution in [2.75, 3.05) is 7.05 Å². The zero-order chi connectivity index (χ0) is 21.4. The first kappa shape index (κ1) is 20.1. The Bertz CT molecular complexity index is 1300. The quantitative estimate of drug-likeness (QED) is 0.356. The zero-order valence-corrected chi connectivity index (χ0v) is 17.1. The van der Waals surface area contributed by atoms with E-state index in [0.717, 1.165) is 6.07 Å². The zero-order valence-electron chi connectivity index (χ0n) is 15.6. The summed E-state index contributed by atoms with van der Waals surface area (Å²) < 4.78 is 15.5. The second kappa shape index (κ2) is 7.89. The fourth-order valence-electron chi connectivity index (χ4n) is 3.18. The SMILES string of the molecule is CNC(=O)c1ccc(-c2nc(C(=O)c3c(Cl)ccc(F)c3Cl)n3ccccc23)cc1. The predicted octanol–water partition coefficient (Wildman–Crippen LogP) is 5.04.